The Morgan fingerprint density at radius 3 is 2.77 bits per heavy atom. The standard InChI is InChI=1S/C15H22N4O3/c1-2-11-3-16-15(17-4-11)19-6-12-5-18(8-14(20)21)13(7-19)10-22-9-12/h3-4,12-13H,2,5-10H2,1H3,(H,20,21)/t12-,13+/m1/s1. The highest BCUT2D eigenvalue weighted by Gasteiger charge is 2.34. The summed E-state index contributed by atoms with van der Waals surface area (Å²) in [5.74, 6) is 0.218. The molecule has 7 heteroatoms. The minimum Gasteiger partial charge on any atom is -0.480 e. The highest BCUT2D eigenvalue weighted by atomic mass is 16.5. The van der Waals surface area contributed by atoms with E-state index in [-0.39, 0.29) is 18.5 Å². The van der Waals surface area contributed by atoms with Gasteiger partial charge in [-0.15, -0.1) is 0 Å². The number of carboxylic acid groups (broad SMARTS) is 1. The van der Waals surface area contributed by atoms with Gasteiger partial charge < -0.3 is 14.7 Å². The Kier molecular flexibility index (Phi) is 4.54. The topological polar surface area (TPSA) is 78.8 Å². The Morgan fingerprint density at radius 2 is 2.09 bits per heavy atom. The van der Waals surface area contributed by atoms with E-state index in [1.54, 1.807) is 0 Å². The van der Waals surface area contributed by atoms with Gasteiger partial charge in [-0.1, -0.05) is 6.92 Å². The number of rotatable bonds is 4. The van der Waals surface area contributed by atoms with Gasteiger partial charge in [-0.05, 0) is 12.0 Å². The van der Waals surface area contributed by atoms with E-state index in [0.29, 0.717) is 19.8 Å². The third kappa shape index (κ3) is 3.36. The van der Waals surface area contributed by atoms with Crippen LogP contribution in [0.4, 0.5) is 5.95 Å². The minimum atomic E-state index is -0.789. The summed E-state index contributed by atoms with van der Waals surface area (Å²) in [7, 11) is 0. The number of ether oxygens (including phenoxy) is 1. The zero-order valence-corrected chi connectivity index (χ0v) is 12.8. The lowest BCUT2D eigenvalue weighted by molar-refractivity contribution is -0.138. The van der Waals surface area contributed by atoms with Crippen LogP contribution in [-0.2, 0) is 16.0 Å². The number of carboxylic acids is 1. The number of hydrogen-bond acceptors (Lipinski definition) is 6. The van der Waals surface area contributed by atoms with Gasteiger partial charge in [-0.3, -0.25) is 9.69 Å². The smallest absolute Gasteiger partial charge is 0.317 e. The number of hydrogen-bond donors (Lipinski definition) is 1. The molecule has 2 aliphatic rings. The van der Waals surface area contributed by atoms with Crippen molar-refractivity contribution in [2.75, 3.05) is 44.3 Å². The molecular formula is C15H22N4O3. The molecule has 2 aliphatic heterocycles. The molecule has 0 unspecified atom stereocenters. The van der Waals surface area contributed by atoms with Crippen LogP contribution in [0.3, 0.4) is 0 Å². The van der Waals surface area contributed by atoms with Crippen molar-refractivity contribution in [2.24, 2.45) is 5.92 Å². The van der Waals surface area contributed by atoms with Gasteiger partial charge in [0, 0.05) is 37.9 Å². The molecule has 3 heterocycles. The zero-order valence-electron chi connectivity index (χ0n) is 12.8. The Balaban J connectivity index is 1.78. The molecule has 2 bridgehead atoms. The molecule has 0 aliphatic carbocycles. The number of aromatic nitrogens is 2. The number of carbonyl (C=O) groups is 1. The Morgan fingerprint density at radius 1 is 1.32 bits per heavy atom. The maximum Gasteiger partial charge on any atom is 0.317 e. The van der Waals surface area contributed by atoms with Crippen LogP contribution in [0.1, 0.15) is 12.5 Å². The molecule has 1 N–H and O–H groups in total. The van der Waals surface area contributed by atoms with Crippen LogP contribution in [0.2, 0.25) is 0 Å². The van der Waals surface area contributed by atoms with Gasteiger partial charge in [0.05, 0.1) is 25.8 Å². The predicted octanol–water partition coefficient (Wildman–Crippen LogP) is 0.261. The Hall–Kier alpha value is -1.73. The Bertz CT molecular complexity index is 522. The van der Waals surface area contributed by atoms with Gasteiger partial charge >= 0.3 is 5.97 Å². The summed E-state index contributed by atoms with van der Waals surface area (Å²) >= 11 is 0. The lowest BCUT2D eigenvalue weighted by atomic mass is 10.1. The predicted molar refractivity (Wildman–Crippen MR) is 80.9 cm³/mol. The molecule has 0 spiro atoms. The van der Waals surface area contributed by atoms with Gasteiger partial charge in [-0.25, -0.2) is 9.97 Å². The lowest BCUT2D eigenvalue weighted by Gasteiger charge is -2.30. The van der Waals surface area contributed by atoms with E-state index in [9.17, 15) is 4.79 Å². The number of nitrogens with zero attached hydrogens (tertiary/aromatic N) is 4. The van der Waals surface area contributed by atoms with Crippen molar-refractivity contribution >= 4 is 11.9 Å². The average molecular weight is 306 g/mol. The number of aryl methyl sites for hydroxylation is 1. The molecule has 0 saturated carbocycles. The number of aliphatic carboxylic acids is 1. The molecule has 7 nitrogen and oxygen atoms in total. The van der Waals surface area contributed by atoms with Gasteiger partial charge in [0.15, 0.2) is 0 Å². The molecule has 0 aromatic carbocycles. The fourth-order valence-corrected chi connectivity index (χ4v) is 3.15. The molecule has 2 fully saturated rings. The van der Waals surface area contributed by atoms with Crippen LogP contribution in [0.25, 0.3) is 0 Å². The molecule has 2 atom stereocenters. The van der Waals surface area contributed by atoms with Crippen molar-refractivity contribution in [1.82, 2.24) is 14.9 Å². The molecule has 22 heavy (non-hydrogen) atoms. The Labute approximate surface area is 129 Å². The van der Waals surface area contributed by atoms with E-state index in [2.05, 4.69) is 21.8 Å². The number of anilines is 1. The highest BCUT2D eigenvalue weighted by molar-refractivity contribution is 5.69. The van der Waals surface area contributed by atoms with Crippen molar-refractivity contribution in [3.05, 3.63) is 18.0 Å². The van der Waals surface area contributed by atoms with E-state index < -0.39 is 5.97 Å². The van der Waals surface area contributed by atoms with Crippen LogP contribution in [0, 0.1) is 5.92 Å². The van der Waals surface area contributed by atoms with Gasteiger partial charge in [-0.2, -0.15) is 0 Å². The van der Waals surface area contributed by atoms with Crippen molar-refractivity contribution in [3.8, 4) is 0 Å². The average Bonchev–Trinajstić information content (AvgIpc) is 2.76. The van der Waals surface area contributed by atoms with E-state index in [4.69, 9.17) is 9.84 Å². The third-order valence-electron chi connectivity index (χ3n) is 4.30. The van der Waals surface area contributed by atoms with E-state index in [1.807, 2.05) is 17.3 Å². The maximum atomic E-state index is 11.1. The fraction of sp³-hybridized carbons (Fsp3) is 0.667. The van der Waals surface area contributed by atoms with Crippen LogP contribution >= 0.6 is 0 Å². The first kappa shape index (κ1) is 15.2. The van der Waals surface area contributed by atoms with Gasteiger partial charge in [0.25, 0.3) is 0 Å². The monoisotopic (exact) mass is 306 g/mol. The van der Waals surface area contributed by atoms with Crippen LogP contribution in [0.5, 0.6) is 0 Å². The van der Waals surface area contributed by atoms with Crippen molar-refractivity contribution in [1.29, 1.82) is 0 Å². The lowest BCUT2D eigenvalue weighted by Crippen LogP contribution is -2.46. The molecule has 0 radical (unpaired) electrons. The van der Waals surface area contributed by atoms with Crippen molar-refractivity contribution in [2.45, 2.75) is 19.4 Å². The van der Waals surface area contributed by atoms with Gasteiger partial charge in [0.2, 0.25) is 5.95 Å². The van der Waals surface area contributed by atoms with E-state index >= 15 is 0 Å². The first-order valence-electron chi connectivity index (χ1n) is 7.75. The fourth-order valence-electron chi connectivity index (χ4n) is 3.15. The summed E-state index contributed by atoms with van der Waals surface area (Å²) in [4.78, 5) is 24.2. The molecular weight excluding hydrogens is 284 g/mol. The second-order valence-corrected chi connectivity index (χ2v) is 6.03. The number of fused-ring (bicyclic) bond motifs is 3. The van der Waals surface area contributed by atoms with Crippen molar-refractivity contribution in [3.63, 3.8) is 0 Å². The first-order chi connectivity index (χ1) is 10.7. The SMILES string of the molecule is CCc1cnc(N2C[C@@H]3COC[C@H](C2)N(CC(=O)O)C3)nc1. The first-order valence-corrected chi connectivity index (χ1v) is 7.75. The molecule has 2 saturated heterocycles. The highest BCUT2D eigenvalue weighted by Crippen LogP contribution is 2.22. The minimum absolute atomic E-state index is 0.0635. The summed E-state index contributed by atoms with van der Waals surface area (Å²) in [6.45, 7) is 5.63. The zero-order chi connectivity index (χ0) is 15.5. The summed E-state index contributed by atoms with van der Waals surface area (Å²) in [5.41, 5.74) is 1.12. The van der Waals surface area contributed by atoms with E-state index in [1.165, 1.54) is 0 Å². The van der Waals surface area contributed by atoms with Crippen LogP contribution in [0.15, 0.2) is 12.4 Å². The summed E-state index contributed by atoms with van der Waals surface area (Å²) in [5, 5.41) is 9.10. The largest absolute Gasteiger partial charge is 0.480 e. The molecule has 1 aromatic heterocycles. The normalized spacial score (nSPS) is 25.8. The summed E-state index contributed by atoms with van der Waals surface area (Å²) < 4.78 is 5.69. The maximum absolute atomic E-state index is 11.1. The van der Waals surface area contributed by atoms with Gasteiger partial charge in [0.1, 0.15) is 0 Å². The molecule has 0 amide bonds. The molecule has 3 rings (SSSR count). The molecule has 1 aromatic rings. The van der Waals surface area contributed by atoms with Crippen LogP contribution < -0.4 is 4.90 Å². The second-order valence-electron chi connectivity index (χ2n) is 6.03. The summed E-state index contributed by atoms with van der Waals surface area (Å²) in [6.07, 6.45) is 4.66. The summed E-state index contributed by atoms with van der Waals surface area (Å²) in [6, 6.07) is 0.0676. The second kappa shape index (κ2) is 6.58. The third-order valence-corrected chi connectivity index (χ3v) is 4.30. The quantitative estimate of drug-likeness (QED) is 0.855. The van der Waals surface area contributed by atoms with Crippen LogP contribution in [-0.4, -0.2) is 71.4 Å². The van der Waals surface area contributed by atoms with E-state index in [0.717, 1.165) is 31.0 Å². The molecule has 120 valence electrons. The van der Waals surface area contributed by atoms with Crippen molar-refractivity contribution < 1.29 is 14.6 Å².